The smallest absolute Gasteiger partial charge is 0.303 e. The second-order valence-electron chi connectivity index (χ2n) is 6.18. The highest BCUT2D eigenvalue weighted by atomic mass is 16.4. The zero-order chi connectivity index (χ0) is 13.9. The fraction of sp³-hybridized carbons (Fsp3) is 0.857. The zero-order valence-electron chi connectivity index (χ0n) is 11.7. The molecule has 2 saturated heterocycles. The van der Waals surface area contributed by atoms with Gasteiger partial charge in [-0.25, -0.2) is 0 Å². The summed E-state index contributed by atoms with van der Waals surface area (Å²) < 4.78 is 0. The van der Waals surface area contributed by atoms with Crippen LogP contribution in [-0.4, -0.2) is 48.1 Å². The van der Waals surface area contributed by atoms with Gasteiger partial charge in [0.25, 0.3) is 0 Å². The molecule has 2 fully saturated rings. The van der Waals surface area contributed by atoms with Gasteiger partial charge in [-0.1, -0.05) is 0 Å². The minimum Gasteiger partial charge on any atom is -0.481 e. The van der Waals surface area contributed by atoms with Crippen molar-refractivity contribution in [2.24, 2.45) is 11.3 Å². The molecule has 0 radical (unpaired) electrons. The highest BCUT2D eigenvalue weighted by molar-refractivity contribution is 5.83. The number of aliphatic carboxylic acids is 1. The predicted molar refractivity (Wildman–Crippen MR) is 71.8 cm³/mol. The van der Waals surface area contributed by atoms with E-state index in [0.29, 0.717) is 12.3 Å². The van der Waals surface area contributed by atoms with Gasteiger partial charge in [-0.15, -0.1) is 0 Å². The van der Waals surface area contributed by atoms with Crippen LogP contribution in [0.25, 0.3) is 0 Å². The monoisotopic (exact) mass is 268 g/mol. The number of rotatable bonds is 4. The Balaban J connectivity index is 1.85. The van der Waals surface area contributed by atoms with Crippen LogP contribution in [0.2, 0.25) is 0 Å². The van der Waals surface area contributed by atoms with Crippen molar-refractivity contribution in [2.75, 3.05) is 26.2 Å². The molecule has 0 aromatic rings. The number of likely N-dealkylation sites (tertiary alicyclic amines) is 1. The van der Waals surface area contributed by atoms with E-state index in [2.05, 4.69) is 5.32 Å². The first-order chi connectivity index (χ1) is 9.01. The summed E-state index contributed by atoms with van der Waals surface area (Å²) in [5.74, 6) is -0.133. The Labute approximate surface area is 114 Å². The van der Waals surface area contributed by atoms with Crippen LogP contribution in [-0.2, 0) is 9.59 Å². The van der Waals surface area contributed by atoms with Crippen molar-refractivity contribution in [2.45, 2.75) is 39.0 Å². The molecule has 0 aliphatic carbocycles. The van der Waals surface area contributed by atoms with Gasteiger partial charge < -0.3 is 15.3 Å². The number of nitrogens with one attached hydrogen (secondary N) is 1. The maximum atomic E-state index is 12.6. The van der Waals surface area contributed by atoms with Crippen LogP contribution >= 0.6 is 0 Å². The second kappa shape index (κ2) is 5.90. The lowest BCUT2D eigenvalue weighted by Gasteiger charge is -2.36. The van der Waals surface area contributed by atoms with Crippen molar-refractivity contribution in [1.29, 1.82) is 0 Å². The molecule has 5 heteroatoms. The summed E-state index contributed by atoms with van der Waals surface area (Å²) in [5.41, 5.74) is -0.264. The molecule has 0 bridgehead atoms. The number of nitrogens with zero attached hydrogens (tertiary/aromatic N) is 1. The van der Waals surface area contributed by atoms with Gasteiger partial charge in [0.2, 0.25) is 5.91 Å². The van der Waals surface area contributed by atoms with Gasteiger partial charge in [-0.2, -0.15) is 0 Å². The van der Waals surface area contributed by atoms with Gasteiger partial charge in [0.1, 0.15) is 0 Å². The Hall–Kier alpha value is -1.10. The SMILES string of the molecule is CC1(C(=O)N2CCC(CCC(=O)O)C2)CCCNC1. The summed E-state index contributed by atoms with van der Waals surface area (Å²) >= 11 is 0. The van der Waals surface area contributed by atoms with Gasteiger partial charge in [0.15, 0.2) is 0 Å². The fourth-order valence-corrected chi connectivity index (χ4v) is 3.20. The highest BCUT2D eigenvalue weighted by Crippen LogP contribution is 2.31. The summed E-state index contributed by atoms with van der Waals surface area (Å²) in [7, 11) is 0. The van der Waals surface area contributed by atoms with E-state index in [-0.39, 0.29) is 17.7 Å². The van der Waals surface area contributed by atoms with Crippen LogP contribution in [0.1, 0.15) is 39.0 Å². The molecule has 0 saturated carbocycles. The number of carboxylic acids is 1. The normalized spacial score (nSPS) is 31.4. The van der Waals surface area contributed by atoms with Crippen LogP contribution in [0.15, 0.2) is 0 Å². The summed E-state index contributed by atoms with van der Waals surface area (Å²) in [6.07, 6.45) is 3.86. The van der Waals surface area contributed by atoms with E-state index in [9.17, 15) is 9.59 Å². The van der Waals surface area contributed by atoms with Gasteiger partial charge >= 0.3 is 5.97 Å². The molecule has 2 rings (SSSR count). The molecule has 19 heavy (non-hydrogen) atoms. The Morgan fingerprint density at radius 2 is 2.26 bits per heavy atom. The third kappa shape index (κ3) is 3.47. The number of amides is 1. The first-order valence-electron chi connectivity index (χ1n) is 7.23. The van der Waals surface area contributed by atoms with Gasteiger partial charge in [-0.05, 0) is 45.1 Å². The van der Waals surface area contributed by atoms with E-state index < -0.39 is 5.97 Å². The molecule has 0 aromatic carbocycles. The minimum atomic E-state index is -0.742. The molecule has 2 unspecified atom stereocenters. The molecule has 0 spiro atoms. The number of carboxylic acid groups (broad SMARTS) is 1. The van der Waals surface area contributed by atoms with E-state index in [1.54, 1.807) is 0 Å². The van der Waals surface area contributed by atoms with Gasteiger partial charge in [-0.3, -0.25) is 9.59 Å². The third-order valence-electron chi connectivity index (χ3n) is 4.45. The molecule has 2 N–H and O–H groups in total. The Bertz CT molecular complexity index is 351. The van der Waals surface area contributed by atoms with Crippen molar-refractivity contribution >= 4 is 11.9 Å². The first kappa shape index (κ1) is 14.3. The maximum absolute atomic E-state index is 12.6. The van der Waals surface area contributed by atoms with E-state index >= 15 is 0 Å². The molecule has 2 atom stereocenters. The second-order valence-corrected chi connectivity index (χ2v) is 6.18. The quantitative estimate of drug-likeness (QED) is 0.801. The molecular formula is C14H24N2O3. The standard InChI is InChI=1S/C14H24N2O3/c1-14(6-2-7-15-10-14)13(19)16-8-5-11(9-16)3-4-12(17)18/h11,15H,2-10H2,1H3,(H,17,18). The minimum absolute atomic E-state index is 0.214. The van der Waals surface area contributed by atoms with Crippen LogP contribution < -0.4 is 5.32 Å². The Morgan fingerprint density at radius 3 is 2.89 bits per heavy atom. The topological polar surface area (TPSA) is 69.6 Å². The van der Waals surface area contributed by atoms with E-state index in [1.165, 1.54) is 0 Å². The van der Waals surface area contributed by atoms with Crippen molar-refractivity contribution in [1.82, 2.24) is 10.2 Å². The first-order valence-corrected chi connectivity index (χ1v) is 7.23. The molecule has 108 valence electrons. The van der Waals surface area contributed by atoms with Crippen molar-refractivity contribution < 1.29 is 14.7 Å². The summed E-state index contributed by atoms with van der Waals surface area (Å²) in [5, 5.41) is 12.0. The number of piperidine rings is 1. The molecule has 1 amide bonds. The van der Waals surface area contributed by atoms with Crippen LogP contribution in [0.4, 0.5) is 0 Å². The lowest BCUT2D eigenvalue weighted by Crippen LogP contribution is -2.49. The molecule has 2 aliphatic heterocycles. The lowest BCUT2D eigenvalue weighted by molar-refractivity contribution is -0.141. The number of hydrogen-bond acceptors (Lipinski definition) is 3. The highest BCUT2D eigenvalue weighted by Gasteiger charge is 2.39. The average Bonchev–Trinajstić information content (AvgIpc) is 2.85. The third-order valence-corrected chi connectivity index (χ3v) is 4.45. The summed E-state index contributed by atoms with van der Waals surface area (Å²) in [6, 6.07) is 0. The lowest BCUT2D eigenvalue weighted by atomic mass is 9.81. The van der Waals surface area contributed by atoms with Crippen LogP contribution in [0.3, 0.4) is 0 Å². The van der Waals surface area contributed by atoms with E-state index in [0.717, 1.165) is 45.4 Å². The number of carbonyl (C=O) groups is 2. The van der Waals surface area contributed by atoms with Crippen LogP contribution in [0, 0.1) is 11.3 Å². The fourth-order valence-electron chi connectivity index (χ4n) is 3.20. The van der Waals surface area contributed by atoms with Crippen molar-refractivity contribution in [3.8, 4) is 0 Å². The largest absolute Gasteiger partial charge is 0.481 e. The zero-order valence-corrected chi connectivity index (χ0v) is 11.7. The van der Waals surface area contributed by atoms with E-state index in [4.69, 9.17) is 5.11 Å². The van der Waals surface area contributed by atoms with Gasteiger partial charge in [0, 0.05) is 26.1 Å². The van der Waals surface area contributed by atoms with Crippen molar-refractivity contribution in [3.05, 3.63) is 0 Å². The molecule has 2 heterocycles. The predicted octanol–water partition coefficient (Wildman–Crippen LogP) is 1.09. The Morgan fingerprint density at radius 1 is 1.47 bits per heavy atom. The average molecular weight is 268 g/mol. The number of hydrogen-bond donors (Lipinski definition) is 2. The van der Waals surface area contributed by atoms with Crippen LogP contribution in [0.5, 0.6) is 0 Å². The number of carbonyl (C=O) groups excluding carboxylic acids is 1. The molecular weight excluding hydrogens is 244 g/mol. The van der Waals surface area contributed by atoms with Gasteiger partial charge in [0.05, 0.1) is 5.41 Å². The maximum Gasteiger partial charge on any atom is 0.303 e. The Kier molecular flexibility index (Phi) is 4.45. The molecule has 0 aromatic heterocycles. The molecule has 2 aliphatic rings. The summed E-state index contributed by atoms with van der Waals surface area (Å²) in [6.45, 7) is 5.35. The molecule has 5 nitrogen and oxygen atoms in total. The van der Waals surface area contributed by atoms with E-state index in [1.807, 2.05) is 11.8 Å². The van der Waals surface area contributed by atoms with Crippen molar-refractivity contribution in [3.63, 3.8) is 0 Å². The summed E-state index contributed by atoms with van der Waals surface area (Å²) in [4.78, 5) is 25.1.